The zero-order chi connectivity index (χ0) is 17.6. The fraction of sp³-hybridized carbons (Fsp3) is 0.955. The van der Waals surface area contributed by atoms with E-state index in [1.54, 1.807) is 0 Å². The van der Waals surface area contributed by atoms with Crippen molar-refractivity contribution in [2.24, 2.45) is 11.3 Å². The van der Waals surface area contributed by atoms with Crippen LogP contribution in [0.1, 0.15) is 125 Å². The summed E-state index contributed by atoms with van der Waals surface area (Å²) in [6.45, 7) is 10.9. The summed E-state index contributed by atoms with van der Waals surface area (Å²) >= 11 is 0. The minimum absolute atomic E-state index is 0.130. The van der Waals surface area contributed by atoms with Crippen LogP contribution in [0.5, 0.6) is 0 Å². The summed E-state index contributed by atoms with van der Waals surface area (Å²) in [6.07, 6.45) is 18.4. The van der Waals surface area contributed by atoms with Crippen LogP contribution in [-0.4, -0.2) is 5.78 Å². The molecule has 0 aromatic heterocycles. The van der Waals surface area contributed by atoms with Gasteiger partial charge in [-0.05, 0) is 11.8 Å². The van der Waals surface area contributed by atoms with Crippen LogP contribution >= 0.6 is 0 Å². The Morgan fingerprint density at radius 1 is 0.696 bits per heavy atom. The molecule has 0 saturated carbocycles. The first-order chi connectivity index (χ1) is 10.9. The predicted molar refractivity (Wildman–Crippen MR) is 104 cm³/mol. The molecule has 0 saturated heterocycles. The summed E-state index contributed by atoms with van der Waals surface area (Å²) in [7, 11) is 0. The molecule has 1 nitrogen and oxygen atoms in total. The lowest BCUT2D eigenvalue weighted by atomic mass is 9.74. The molecule has 0 amide bonds. The van der Waals surface area contributed by atoms with Gasteiger partial charge in [0.05, 0.1) is 0 Å². The van der Waals surface area contributed by atoms with Crippen molar-refractivity contribution in [3.63, 3.8) is 0 Å². The van der Waals surface area contributed by atoms with E-state index < -0.39 is 0 Å². The van der Waals surface area contributed by atoms with Crippen LogP contribution in [0.15, 0.2) is 0 Å². The molecule has 0 heterocycles. The van der Waals surface area contributed by atoms with Crippen LogP contribution in [0.4, 0.5) is 0 Å². The van der Waals surface area contributed by atoms with Crippen molar-refractivity contribution < 1.29 is 4.79 Å². The first-order valence-electron chi connectivity index (χ1n) is 10.5. The molecule has 0 aliphatic rings. The second kappa shape index (κ2) is 14.1. The zero-order valence-electron chi connectivity index (χ0n) is 16.9. The number of rotatable bonds is 15. The summed E-state index contributed by atoms with van der Waals surface area (Å²) in [6, 6.07) is 0. The Bertz CT molecular complexity index is 274. The number of Topliss-reactive ketones (excluding diaryl/α,β-unsaturated/α-hetero) is 1. The van der Waals surface area contributed by atoms with Crippen LogP contribution in [0, 0.1) is 11.3 Å². The van der Waals surface area contributed by atoms with Crippen LogP contribution in [0.2, 0.25) is 0 Å². The van der Waals surface area contributed by atoms with E-state index in [4.69, 9.17) is 0 Å². The third-order valence-corrected chi connectivity index (χ3v) is 5.13. The van der Waals surface area contributed by atoms with E-state index >= 15 is 0 Å². The fourth-order valence-corrected chi connectivity index (χ4v) is 3.51. The van der Waals surface area contributed by atoms with Gasteiger partial charge in [-0.2, -0.15) is 0 Å². The summed E-state index contributed by atoms with van der Waals surface area (Å²) < 4.78 is 0. The fourth-order valence-electron chi connectivity index (χ4n) is 3.51. The number of unbranched alkanes of at least 4 members (excludes halogenated alkanes) is 11. The first kappa shape index (κ1) is 22.7. The van der Waals surface area contributed by atoms with Gasteiger partial charge in [0, 0.05) is 12.3 Å². The molecule has 138 valence electrons. The highest BCUT2D eigenvalue weighted by atomic mass is 16.1. The minimum atomic E-state index is 0.130. The van der Waals surface area contributed by atoms with Gasteiger partial charge in [0.1, 0.15) is 5.78 Å². The van der Waals surface area contributed by atoms with E-state index in [2.05, 4.69) is 27.7 Å². The van der Waals surface area contributed by atoms with Crippen LogP contribution < -0.4 is 0 Å². The Morgan fingerprint density at radius 2 is 1.09 bits per heavy atom. The van der Waals surface area contributed by atoms with E-state index in [9.17, 15) is 4.79 Å². The van der Waals surface area contributed by atoms with Gasteiger partial charge in [-0.25, -0.2) is 0 Å². The molecule has 0 bridgehead atoms. The lowest BCUT2D eigenvalue weighted by Crippen LogP contribution is -2.28. The van der Waals surface area contributed by atoms with Crippen molar-refractivity contribution in [3.05, 3.63) is 0 Å². The van der Waals surface area contributed by atoms with Crippen LogP contribution in [0.3, 0.4) is 0 Å². The van der Waals surface area contributed by atoms with Gasteiger partial charge >= 0.3 is 0 Å². The van der Waals surface area contributed by atoms with Crippen molar-refractivity contribution in [2.45, 2.75) is 125 Å². The van der Waals surface area contributed by atoms with Gasteiger partial charge in [0.25, 0.3) is 0 Å². The van der Waals surface area contributed by atoms with Gasteiger partial charge in [0.2, 0.25) is 0 Å². The molecular weight excluding hydrogens is 280 g/mol. The Kier molecular flexibility index (Phi) is 13.8. The highest BCUT2D eigenvalue weighted by Crippen LogP contribution is 2.32. The van der Waals surface area contributed by atoms with Crippen LogP contribution in [-0.2, 0) is 4.79 Å². The van der Waals surface area contributed by atoms with E-state index in [-0.39, 0.29) is 11.3 Å². The van der Waals surface area contributed by atoms with Gasteiger partial charge in [-0.15, -0.1) is 0 Å². The number of carbonyl (C=O) groups excluding carboxylic acids is 1. The maximum Gasteiger partial charge on any atom is 0.136 e. The number of carbonyl (C=O) groups is 1. The summed E-state index contributed by atoms with van der Waals surface area (Å²) in [5.74, 6) is 0.719. The lowest BCUT2D eigenvalue weighted by Gasteiger charge is -2.29. The maximum atomic E-state index is 12.1. The quantitative estimate of drug-likeness (QED) is 0.282. The third kappa shape index (κ3) is 12.7. The predicted octanol–water partition coefficient (Wildman–Crippen LogP) is 7.72. The number of ketones is 1. The highest BCUT2D eigenvalue weighted by molar-refractivity contribution is 5.81. The molecule has 0 N–H and O–H groups in total. The molecule has 0 rings (SSSR count). The van der Waals surface area contributed by atoms with Crippen molar-refractivity contribution >= 4 is 5.78 Å². The largest absolute Gasteiger partial charge is 0.299 e. The molecular formula is C22H44O. The van der Waals surface area contributed by atoms with E-state index in [1.807, 2.05) is 6.92 Å². The molecule has 1 atom stereocenters. The number of hydrogen-bond donors (Lipinski definition) is 0. The second-order valence-electron chi connectivity index (χ2n) is 8.42. The average molecular weight is 325 g/mol. The molecule has 0 aliphatic heterocycles. The molecule has 0 aliphatic carbocycles. The smallest absolute Gasteiger partial charge is 0.136 e. The summed E-state index contributed by atoms with van der Waals surface area (Å²) in [5.41, 5.74) is 0.130. The van der Waals surface area contributed by atoms with Gasteiger partial charge in [-0.3, -0.25) is 4.79 Å². The highest BCUT2D eigenvalue weighted by Gasteiger charge is 2.29. The molecule has 23 heavy (non-hydrogen) atoms. The van der Waals surface area contributed by atoms with E-state index in [0.717, 1.165) is 6.42 Å². The molecule has 0 spiro atoms. The topological polar surface area (TPSA) is 17.1 Å². The van der Waals surface area contributed by atoms with Crippen molar-refractivity contribution in [1.29, 1.82) is 0 Å². The molecule has 1 unspecified atom stereocenters. The second-order valence-corrected chi connectivity index (χ2v) is 8.42. The molecule has 0 aromatic carbocycles. The van der Waals surface area contributed by atoms with Gasteiger partial charge in [-0.1, -0.05) is 112 Å². The van der Waals surface area contributed by atoms with Crippen molar-refractivity contribution in [2.75, 3.05) is 0 Å². The SMILES string of the molecule is CCCCCCCCCCCCCCC(C(=O)CC)C(C)(C)C. The summed E-state index contributed by atoms with van der Waals surface area (Å²) in [4.78, 5) is 12.1. The van der Waals surface area contributed by atoms with Crippen molar-refractivity contribution in [1.82, 2.24) is 0 Å². The number of hydrogen-bond acceptors (Lipinski definition) is 1. The van der Waals surface area contributed by atoms with Gasteiger partial charge in [0.15, 0.2) is 0 Å². The van der Waals surface area contributed by atoms with Gasteiger partial charge < -0.3 is 0 Å². The Balaban J connectivity index is 3.52. The minimum Gasteiger partial charge on any atom is -0.299 e. The van der Waals surface area contributed by atoms with E-state index in [0.29, 0.717) is 12.2 Å². The molecule has 0 aromatic rings. The first-order valence-corrected chi connectivity index (χ1v) is 10.5. The molecule has 1 heteroatoms. The molecule has 0 radical (unpaired) electrons. The third-order valence-electron chi connectivity index (χ3n) is 5.13. The maximum absolute atomic E-state index is 12.1. The normalized spacial score (nSPS) is 13.3. The Morgan fingerprint density at radius 3 is 1.43 bits per heavy atom. The van der Waals surface area contributed by atoms with Crippen molar-refractivity contribution in [3.8, 4) is 0 Å². The van der Waals surface area contributed by atoms with Crippen LogP contribution in [0.25, 0.3) is 0 Å². The average Bonchev–Trinajstić information content (AvgIpc) is 2.50. The summed E-state index contributed by atoms with van der Waals surface area (Å²) in [5, 5.41) is 0. The lowest BCUT2D eigenvalue weighted by molar-refractivity contribution is -0.126. The standard InChI is InChI=1S/C22H44O/c1-6-8-9-10-11-12-13-14-15-16-17-18-19-20(21(23)7-2)22(3,4)5/h20H,6-19H2,1-5H3. The zero-order valence-corrected chi connectivity index (χ0v) is 16.9. The molecule has 0 fully saturated rings. The Labute approximate surface area is 147 Å². The van der Waals surface area contributed by atoms with E-state index in [1.165, 1.54) is 77.0 Å². The Hall–Kier alpha value is -0.330. The monoisotopic (exact) mass is 324 g/mol.